The molecule has 0 saturated carbocycles. The lowest BCUT2D eigenvalue weighted by Gasteiger charge is -2.18. The van der Waals surface area contributed by atoms with Gasteiger partial charge in [0.05, 0.1) is 12.7 Å². The van der Waals surface area contributed by atoms with Crippen molar-refractivity contribution in [1.29, 1.82) is 0 Å². The number of rotatable bonds is 4. The molecule has 0 aliphatic carbocycles. The number of methoxy groups -OCH3 is 1. The van der Waals surface area contributed by atoms with Gasteiger partial charge in [-0.25, -0.2) is 0 Å². The van der Waals surface area contributed by atoms with E-state index in [1.54, 1.807) is 20.8 Å². The number of phenolic OH excluding ortho intramolecular Hbond substituents is 1. The molecule has 114 valence electrons. The van der Waals surface area contributed by atoms with Crippen LogP contribution < -0.4 is 10.2 Å². The summed E-state index contributed by atoms with van der Waals surface area (Å²) < 4.78 is 10.9. The topological polar surface area (TPSA) is 79.9 Å². The highest BCUT2D eigenvalue weighted by atomic mass is 16.5. The van der Waals surface area contributed by atoms with E-state index in [4.69, 9.17) is 9.15 Å². The monoisotopic (exact) mass is 292 g/mol. The van der Waals surface area contributed by atoms with E-state index in [1.807, 2.05) is 0 Å². The van der Waals surface area contributed by atoms with Crippen molar-refractivity contribution in [3.63, 3.8) is 0 Å². The molecule has 0 bridgehead atoms. The Labute approximate surface area is 122 Å². The maximum absolute atomic E-state index is 12.1. The summed E-state index contributed by atoms with van der Waals surface area (Å²) >= 11 is 0. The zero-order valence-electron chi connectivity index (χ0n) is 12.7. The summed E-state index contributed by atoms with van der Waals surface area (Å²) in [7, 11) is 1.49. The Bertz CT molecular complexity index is 722. The van der Waals surface area contributed by atoms with Gasteiger partial charge in [-0.15, -0.1) is 0 Å². The second-order valence-electron chi connectivity index (χ2n) is 5.81. The van der Waals surface area contributed by atoms with Crippen LogP contribution in [0.1, 0.15) is 31.6 Å². The van der Waals surface area contributed by atoms with E-state index in [9.17, 15) is 15.0 Å². The standard InChI is InChI=1S/C16H20O5/c1-9-7-11(17)14-12(18)8-13(20-4)10(15(14)21-9)5-6-16(2,3)19/h7-8,18-19H,5-6H2,1-4H3. The fourth-order valence-corrected chi connectivity index (χ4v) is 2.31. The molecule has 1 aromatic carbocycles. The number of aromatic hydroxyl groups is 1. The molecule has 0 amide bonds. The Kier molecular flexibility index (Phi) is 3.96. The van der Waals surface area contributed by atoms with Crippen LogP contribution in [0.25, 0.3) is 11.0 Å². The van der Waals surface area contributed by atoms with Gasteiger partial charge < -0.3 is 19.4 Å². The van der Waals surface area contributed by atoms with Gasteiger partial charge in [0.1, 0.15) is 28.2 Å². The average Bonchev–Trinajstić information content (AvgIpc) is 2.34. The van der Waals surface area contributed by atoms with Gasteiger partial charge in [0.15, 0.2) is 5.43 Å². The Morgan fingerprint density at radius 3 is 2.57 bits per heavy atom. The van der Waals surface area contributed by atoms with Crippen molar-refractivity contribution in [2.75, 3.05) is 7.11 Å². The SMILES string of the molecule is COc1cc(O)c2c(=O)cc(C)oc2c1CCC(C)(C)O. The average molecular weight is 292 g/mol. The minimum atomic E-state index is -0.848. The molecule has 5 heteroatoms. The highest BCUT2D eigenvalue weighted by Gasteiger charge is 2.20. The van der Waals surface area contributed by atoms with Crippen LogP contribution in [0.2, 0.25) is 0 Å². The fraction of sp³-hybridized carbons (Fsp3) is 0.438. The molecule has 2 rings (SSSR count). The van der Waals surface area contributed by atoms with Crippen LogP contribution in [0.5, 0.6) is 11.5 Å². The zero-order valence-corrected chi connectivity index (χ0v) is 12.7. The van der Waals surface area contributed by atoms with Crippen molar-refractivity contribution < 1.29 is 19.4 Å². The van der Waals surface area contributed by atoms with E-state index in [1.165, 1.54) is 19.2 Å². The molecule has 0 saturated heterocycles. The molecule has 0 aliphatic heterocycles. The number of hydrogen-bond acceptors (Lipinski definition) is 5. The molecule has 0 atom stereocenters. The zero-order chi connectivity index (χ0) is 15.8. The number of aliphatic hydroxyl groups is 1. The molecule has 21 heavy (non-hydrogen) atoms. The van der Waals surface area contributed by atoms with E-state index in [-0.39, 0.29) is 16.6 Å². The van der Waals surface area contributed by atoms with Crippen LogP contribution in [-0.2, 0) is 6.42 Å². The first-order valence-electron chi connectivity index (χ1n) is 6.78. The van der Waals surface area contributed by atoms with Gasteiger partial charge >= 0.3 is 0 Å². The molecule has 0 unspecified atom stereocenters. The smallest absolute Gasteiger partial charge is 0.196 e. The van der Waals surface area contributed by atoms with E-state index in [0.29, 0.717) is 35.5 Å². The van der Waals surface area contributed by atoms with Gasteiger partial charge in [0, 0.05) is 17.7 Å². The molecule has 2 N–H and O–H groups in total. The maximum Gasteiger partial charge on any atom is 0.196 e. The quantitative estimate of drug-likeness (QED) is 0.905. The molecule has 5 nitrogen and oxygen atoms in total. The van der Waals surface area contributed by atoms with Crippen LogP contribution in [0.15, 0.2) is 21.3 Å². The lowest BCUT2D eigenvalue weighted by Crippen LogP contribution is -2.19. The fourth-order valence-electron chi connectivity index (χ4n) is 2.31. The molecule has 2 aromatic rings. The Morgan fingerprint density at radius 2 is 2.00 bits per heavy atom. The lowest BCUT2D eigenvalue weighted by molar-refractivity contribution is 0.0713. The van der Waals surface area contributed by atoms with Gasteiger partial charge in [0.25, 0.3) is 0 Å². The summed E-state index contributed by atoms with van der Waals surface area (Å²) in [5, 5.41) is 20.1. The van der Waals surface area contributed by atoms with Crippen LogP contribution in [0.4, 0.5) is 0 Å². The van der Waals surface area contributed by atoms with Crippen molar-refractivity contribution in [2.45, 2.75) is 39.2 Å². The van der Waals surface area contributed by atoms with Gasteiger partial charge in [-0.2, -0.15) is 0 Å². The first-order valence-corrected chi connectivity index (χ1v) is 6.78. The number of hydrogen-bond donors (Lipinski definition) is 2. The third-order valence-corrected chi connectivity index (χ3v) is 3.37. The number of ether oxygens (including phenoxy) is 1. The third kappa shape index (κ3) is 3.19. The second-order valence-corrected chi connectivity index (χ2v) is 5.81. The van der Waals surface area contributed by atoms with E-state index < -0.39 is 5.60 Å². The maximum atomic E-state index is 12.1. The number of aryl methyl sites for hydroxylation is 2. The van der Waals surface area contributed by atoms with Crippen LogP contribution >= 0.6 is 0 Å². The summed E-state index contributed by atoms with van der Waals surface area (Å²) in [5.41, 5.74) is -0.146. The summed E-state index contributed by atoms with van der Waals surface area (Å²) in [5.74, 6) is 0.741. The predicted octanol–water partition coefficient (Wildman–Crippen LogP) is 2.52. The molecule has 1 aromatic heterocycles. The number of phenols is 1. The van der Waals surface area contributed by atoms with Crippen LogP contribution in [0.3, 0.4) is 0 Å². The lowest BCUT2D eigenvalue weighted by atomic mass is 9.96. The van der Waals surface area contributed by atoms with Crippen molar-refractivity contribution in [3.8, 4) is 11.5 Å². The van der Waals surface area contributed by atoms with Crippen LogP contribution in [0, 0.1) is 6.92 Å². The third-order valence-electron chi connectivity index (χ3n) is 3.37. The Morgan fingerprint density at radius 1 is 1.33 bits per heavy atom. The molecule has 0 fully saturated rings. The minimum Gasteiger partial charge on any atom is -0.507 e. The summed E-state index contributed by atoms with van der Waals surface area (Å²) in [6.07, 6.45) is 0.941. The number of benzene rings is 1. The number of fused-ring (bicyclic) bond motifs is 1. The predicted molar refractivity (Wildman–Crippen MR) is 80.1 cm³/mol. The second kappa shape index (κ2) is 5.41. The highest BCUT2D eigenvalue weighted by Crippen LogP contribution is 2.35. The first-order chi connectivity index (χ1) is 9.73. The van der Waals surface area contributed by atoms with E-state index >= 15 is 0 Å². The first kappa shape index (κ1) is 15.4. The van der Waals surface area contributed by atoms with E-state index in [2.05, 4.69) is 0 Å². The summed E-state index contributed by atoms with van der Waals surface area (Å²) in [6.45, 7) is 5.10. The van der Waals surface area contributed by atoms with Crippen molar-refractivity contribution in [1.82, 2.24) is 0 Å². The van der Waals surface area contributed by atoms with Gasteiger partial charge in [-0.3, -0.25) is 4.79 Å². The van der Waals surface area contributed by atoms with E-state index in [0.717, 1.165) is 0 Å². The van der Waals surface area contributed by atoms with Crippen molar-refractivity contribution in [3.05, 3.63) is 33.7 Å². The molecule has 0 radical (unpaired) electrons. The van der Waals surface area contributed by atoms with Crippen molar-refractivity contribution >= 4 is 11.0 Å². The largest absolute Gasteiger partial charge is 0.507 e. The van der Waals surface area contributed by atoms with Gasteiger partial charge in [-0.05, 0) is 33.6 Å². The van der Waals surface area contributed by atoms with Gasteiger partial charge in [0.2, 0.25) is 0 Å². The van der Waals surface area contributed by atoms with Crippen LogP contribution in [-0.4, -0.2) is 22.9 Å². The molecule has 0 spiro atoms. The molecular formula is C16H20O5. The molecule has 1 heterocycles. The molecular weight excluding hydrogens is 272 g/mol. The Hall–Kier alpha value is -2.01. The highest BCUT2D eigenvalue weighted by molar-refractivity contribution is 5.88. The Balaban J connectivity index is 2.71. The van der Waals surface area contributed by atoms with Crippen molar-refractivity contribution in [2.24, 2.45) is 0 Å². The van der Waals surface area contributed by atoms with Gasteiger partial charge in [-0.1, -0.05) is 0 Å². The molecule has 0 aliphatic rings. The summed E-state index contributed by atoms with van der Waals surface area (Å²) in [4.78, 5) is 12.1. The minimum absolute atomic E-state index is 0.146. The normalized spacial score (nSPS) is 11.9. The summed E-state index contributed by atoms with van der Waals surface area (Å²) in [6, 6.07) is 2.75.